The number of hydrogen-bond acceptors (Lipinski definition) is 2. The Balaban J connectivity index is 1.88. The third-order valence-electron chi connectivity index (χ3n) is 7.51. The fourth-order valence-electron chi connectivity index (χ4n) is 5.81. The molecular formula is C38H35O2P2Pt. The van der Waals surface area contributed by atoms with Crippen LogP contribution in [0.15, 0.2) is 182 Å². The van der Waals surface area contributed by atoms with Gasteiger partial charge in [-0.05, 0) is 0 Å². The second-order valence-corrected chi connectivity index (χ2v) is 35.6. The van der Waals surface area contributed by atoms with Crippen molar-refractivity contribution in [2.24, 2.45) is 0 Å². The van der Waals surface area contributed by atoms with Crippen LogP contribution in [-0.2, 0) is 24.9 Å². The summed E-state index contributed by atoms with van der Waals surface area (Å²) in [4.78, 5) is 13.6. The number of carbonyl (C=O) groups excluding carboxylic acids is 1. The molecule has 0 saturated carbocycles. The van der Waals surface area contributed by atoms with Crippen LogP contribution >= 0.6 is 10.7 Å². The first kappa shape index (κ1) is 29.4. The minimum absolute atomic E-state index is 0.204. The molecule has 2 nitrogen and oxygen atoms in total. The molecule has 0 heterocycles. The van der Waals surface area contributed by atoms with E-state index in [1.165, 1.54) is 31.8 Å². The number of carbonyl (C=O) groups is 1. The molecule has 0 fully saturated rings. The molecule has 0 radical (unpaired) electrons. The Morgan fingerprint density at radius 3 is 0.744 bits per heavy atom. The summed E-state index contributed by atoms with van der Waals surface area (Å²) in [7, 11) is 0. The van der Waals surface area contributed by atoms with Gasteiger partial charge in [0.25, 0.3) is 0 Å². The van der Waals surface area contributed by atoms with Crippen LogP contribution in [0.1, 0.15) is 6.92 Å². The van der Waals surface area contributed by atoms with Gasteiger partial charge in [0.05, 0.1) is 0 Å². The van der Waals surface area contributed by atoms with E-state index in [9.17, 15) is 4.79 Å². The van der Waals surface area contributed by atoms with E-state index in [2.05, 4.69) is 182 Å². The van der Waals surface area contributed by atoms with Gasteiger partial charge in [-0.25, -0.2) is 0 Å². The first-order valence-electron chi connectivity index (χ1n) is 14.3. The molecule has 0 saturated heterocycles. The van der Waals surface area contributed by atoms with Crippen molar-refractivity contribution in [3.63, 3.8) is 0 Å². The topological polar surface area (TPSA) is 26.3 Å². The minimum atomic E-state index is -3.02. The molecule has 5 heteroatoms. The first-order valence-corrected chi connectivity index (χ1v) is 25.7. The average Bonchev–Trinajstić information content (AvgIpc) is 3.08. The van der Waals surface area contributed by atoms with Crippen molar-refractivity contribution in [3.05, 3.63) is 182 Å². The maximum atomic E-state index is 13.6. The number of hydrogen-bond donors (Lipinski definition) is 0. The molecule has 6 aromatic carbocycles. The van der Waals surface area contributed by atoms with E-state index >= 15 is 0 Å². The summed E-state index contributed by atoms with van der Waals surface area (Å²) in [5.74, 6) is -0.204. The standard InChI is InChI=1S/2C18H15P.C2H4O2.Pt/c2*1-4-10-16(11-5-1)19(17-12-6-2-7-13-17)18-14-8-3-9-15-18;1-2(3)4;/h2*1-15H;1H3,(H,3,4);/q;;;-1/p+1. The number of benzene rings is 6. The molecule has 0 aliphatic rings. The van der Waals surface area contributed by atoms with Crippen LogP contribution in [0.5, 0.6) is 0 Å². The average molecular weight is 781 g/mol. The summed E-state index contributed by atoms with van der Waals surface area (Å²) in [6.45, 7) is 1.60. The first-order chi connectivity index (χ1) is 21.2. The SMILES string of the molecule is CC(=O)[O][Pt]([PH](c1ccccc1)(c1ccccc1)c1ccccc1)[PH](c1ccccc1)(c1ccccc1)c1ccccc1. The Labute approximate surface area is 261 Å². The van der Waals surface area contributed by atoms with Crippen LogP contribution in [0.2, 0.25) is 0 Å². The van der Waals surface area contributed by atoms with Crippen molar-refractivity contribution in [1.29, 1.82) is 0 Å². The molecule has 43 heavy (non-hydrogen) atoms. The molecule has 219 valence electrons. The molecule has 0 atom stereocenters. The zero-order valence-electron chi connectivity index (χ0n) is 24.0. The van der Waals surface area contributed by atoms with E-state index in [0.29, 0.717) is 0 Å². The summed E-state index contributed by atoms with van der Waals surface area (Å²) in [6, 6.07) is 65.5. The van der Waals surface area contributed by atoms with Crippen molar-refractivity contribution >= 4 is 48.5 Å². The second-order valence-electron chi connectivity index (χ2n) is 10.2. The monoisotopic (exact) mass is 780 g/mol. The van der Waals surface area contributed by atoms with Crippen LogP contribution in [-0.4, -0.2) is 5.97 Å². The molecule has 0 amide bonds. The summed E-state index contributed by atoms with van der Waals surface area (Å²) >= 11 is -3.02. The fraction of sp³-hybridized carbons (Fsp3) is 0.0263. The third kappa shape index (κ3) is 5.45. The van der Waals surface area contributed by atoms with Gasteiger partial charge in [0, 0.05) is 0 Å². The normalized spacial score (nSPS) is 12.6. The van der Waals surface area contributed by atoms with E-state index < -0.39 is 27.4 Å². The van der Waals surface area contributed by atoms with Gasteiger partial charge >= 0.3 is 262 Å². The molecule has 6 aromatic rings. The predicted octanol–water partition coefficient (Wildman–Crippen LogP) is 6.37. The van der Waals surface area contributed by atoms with Crippen LogP contribution in [0, 0.1) is 0 Å². The summed E-state index contributed by atoms with van der Waals surface area (Å²) < 4.78 is 7.15. The van der Waals surface area contributed by atoms with Crippen LogP contribution in [0.25, 0.3) is 0 Å². The zero-order valence-corrected chi connectivity index (χ0v) is 28.2. The maximum absolute atomic E-state index is 13.6. The second kappa shape index (κ2) is 13.3. The molecule has 0 N–H and O–H groups in total. The van der Waals surface area contributed by atoms with E-state index in [1.807, 2.05) is 0 Å². The molecule has 0 unspecified atom stereocenters. The van der Waals surface area contributed by atoms with Crippen molar-refractivity contribution < 1.29 is 24.9 Å². The zero-order chi connectivity index (χ0) is 29.5. The van der Waals surface area contributed by atoms with Gasteiger partial charge in [-0.15, -0.1) is 0 Å². The van der Waals surface area contributed by atoms with Gasteiger partial charge in [-0.3, -0.25) is 0 Å². The summed E-state index contributed by atoms with van der Waals surface area (Å²) in [5.41, 5.74) is 0. The Hall–Kier alpha value is -3.66. The summed E-state index contributed by atoms with van der Waals surface area (Å²) in [5, 5.41) is 1.61. The van der Waals surface area contributed by atoms with Gasteiger partial charge in [0.1, 0.15) is 0 Å². The molecular weight excluding hydrogens is 745 g/mol. The summed E-state index contributed by atoms with van der Waals surface area (Å²) in [6.07, 6.45) is 0. The Kier molecular flexibility index (Phi) is 9.11. The van der Waals surface area contributed by atoms with Gasteiger partial charge in [0.15, 0.2) is 0 Å². The van der Waals surface area contributed by atoms with E-state index in [-0.39, 0.29) is 5.97 Å². The number of rotatable bonds is 9. The van der Waals surface area contributed by atoms with Crippen molar-refractivity contribution in [2.75, 3.05) is 0 Å². The van der Waals surface area contributed by atoms with E-state index in [4.69, 9.17) is 3.39 Å². The molecule has 0 spiro atoms. The quantitative estimate of drug-likeness (QED) is 0.160. The van der Waals surface area contributed by atoms with Crippen LogP contribution in [0.3, 0.4) is 0 Å². The Morgan fingerprint density at radius 1 is 0.395 bits per heavy atom. The molecule has 0 bridgehead atoms. The van der Waals surface area contributed by atoms with Crippen molar-refractivity contribution in [3.8, 4) is 0 Å². The van der Waals surface area contributed by atoms with Gasteiger partial charge < -0.3 is 0 Å². The molecule has 6 rings (SSSR count). The van der Waals surface area contributed by atoms with Gasteiger partial charge in [0.2, 0.25) is 0 Å². The van der Waals surface area contributed by atoms with E-state index in [0.717, 1.165) is 0 Å². The van der Waals surface area contributed by atoms with Crippen LogP contribution in [0.4, 0.5) is 0 Å². The predicted molar refractivity (Wildman–Crippen MR) is 185 cm³/mol. The molecule has 0 aromatic heterocycles. The van der Waals surface area contributed by atoms with Gasteiger partial charge in [-0.1, -0.05) is 0 Å². The Morgan fingerprint density at radius 2 is 0.581 bits per heavy atom. The Bertz CT molecular complexity index is 1430. The molecule has 0 aliphatic heterocycles. The third-order valence-corrected chi connectivity index (χ3v) is 49.8. The van der Waals surface area contributed by atoms with Crippen LogP contribution < -0.4 is 31.8 Å². The van der Waals surface area contributed by atoms with E-state index in [1.54, 1.807) is 6.92 Å². The molecule has 0 aliphatic carbocycles. The van der Waals surface area contributed by atoms with Crippen molar-refractivity contribution in [2.45, 2.75) is 6.92 Å². The van der Waals surface area contributed by atoms with Crippen molar-refractivity contribution in [1.82, 2.24) is 0 Å². The van der Waals surface area contributed by atoms with Gasteiger partial charge in [-0.2, -0.15) is 0 Å². The fourth-order valence-corrected chi connectivity index (χ4v) is 60.9.